The van der Waals surface area contributed by atoms with Crippen molar-refractivity contribution in [3.63, 3.8) is 0 Å². The second-order valence-corrected chi connectivity index (χ2v) is 9.22. The summed E-state index contributed by atoms with van der Waals surface area (Å²) in [5, 5.41) is 10.8. The number of nitrogens with zero attached hydrogens (tertiary/aromatic N) is 1. The quantitative estimate of drug-likeness (QED) is 0.463. The van der Waals surface area contributed by atoms with E-state index in [0.717, 1.165) is 13.0 Å². The summed E-state index contributed by atoms with van der Waals surface area (Å²) in [6.07, 6.45) is 3.01. The lowest BCUT2D eigenvalue weighted by molar-refractivity contribution is -0.858. The number of carbonyl (C=O) groups excluding carboxylic acids is 2. The molecule has 184 valence electrons. The fourth-order valence-electron chi connectivity index (χ4n) is 3.98. The summed E-state index contributed by atoms with van der Waals surface area (Å²) in [5.74, 6) is 0.0475. The Morgan fingerprint density at radius 3 is 2.62 bits per heavy atom. The zero-order valence-corrected chi connectivity index (χ0v) is 20.6. The van der Waals surface area contributed by atoms with Crippen molar-refractivity contribution in [3.05, 3.63) is 59.3 Å². The molecule has 3 rings (SSSR count). The molecule has 8 nitrogen and oxygen atoms in total. The minimum atomic E-state index is -0.763. The van der Waals surface area contributed by atoms with E-state index in [-0.39, 0.29) is 11.3 Å². The molecule has 8 heteroatoms. The Bertz CT molecular complexity index is 1030. The van der Waals surface area contributed by atoms with E-state index in [1.165, 1.54) is 17.2 Å². The molecule has 0 saturated heterocycles. The zero-order valence-electron chi connectivity index (χ0n) is 20.6. The number of aliphatic hydroxyl groups excluding tert-OH is 1. The lowest BCUT2D eigenvalue weighted by Gasteiger charge is -2.27. The highest BCUT2D eigenvalue weighted by Crippen LogP contribution is 2.41. The maximum atomic E-state index is 13.3. The molecule has 1 aliphatic heterocycles. The number of carbonyl (C=O) groups is 2. The van der Waals surface area contributed by atoms with E-state index in [4.69, 9.17) is 13.9 Å². The van der Waals surface area contributed by atoms with E-state index in [0.29, 0.717) is 42.6 Å². The molecule has 0 spiro atoms. The number of hydrogen-bond acceptors (Lipinski definition) is 6. The van der Waals surface area contributed by atoms with Crippen molar-refractivity contribution in [2.75, 3.05) is 40.9 Å². The lowest BCUT2D eigenvalue weighted by atomic mass is 9.94. The van der Waals surface area contributed by atoms with Crippen LogP contribution in [0.3, 0.4) is 0 Å². The molecule has 2 N–H and O–H groups in total. The highest BCUT2D eigenvalue weighted by Gasteiger charge is 2.44. The van der Waals surface area contributed by atoms with Crippen LogP contribution in [0.1, 0.15) is 48.8 Å². The van der Waals surface area contributed by atoms with E-state index >= 15 is 0 Å². The molecule has 2 heterocycles. The maximum Gasteiger partial charge on any atom is 0.290 e. The Balaban J connectivity index is 1.98. The molecular formula is C26H35N2O6+. The smallest absolute Gasteiger partial charge is 0.290 e. The van der Waals surface area contributed by atoms with Gasteiger partial charge in [0.2, 0.25) is 5.78 Å². The Morgan fingerprint density at radius 1 is 1.24 bits per heavy atom. The fourth-order valence-corrected chi connectivity index (χ4v) is 3.98. The Hall–Kier alpha value is -3.26. The van der Waals surface area contributed by atoms with Gasteiger partial charge in [0.05, 0.1) is 52.2 Å². The van der Waals surface area contributed by atoms with Gasteiger partial charge in [0, 0.05) is 13.0 Å². The molecule has 1 amide bonds. The standard InChI is InChI=1S/C26H34N2O6/c1-17(2)11-15-34-19-10-9-18(16-21(19)32-5)23-22(24(29)20-8-6-14-33-20)25(30)26(31)28(23)13-7-12-27(3)4/h6,8-10,14,16-17,23,30H,7,11-13,15H2,1-5H3/p+1/t23-/m0/s1. The third kappa shape index (κ3) is 5.62. The first-order valence-corrected chi connectivity index (χ1v) is 11.7. The topological polar surface area (TPSA) is 93.7 Å². The van der Waals surface area contributed by atoms with Gasteiger partial charge in [-0.3, -0.25) is 9.59 Å². The first-order chi connectivity index (χ1) is 16.2. The lowest BCUT2D eigenvalue weighted by Crippen LogP contribution is -3.05. The highest BCUT2D eigenvalue weighted by molar-refractivity contribution is 6.15. The summed E-state index contributed by atoms with van der Waals surface area (Å²) in [4.78, 5) is 29.1. The van der Waals surface area contributed by atoms with Crippen molar-refractivity contribution in [2.45, 2.75) is 32.7 Å². The minimum absolute atomic E-state index is 0.00711. The highest BCUT2D eigenvalue weighted by atomic mass is 16.5. The number of hydrogen-bond donors (Lipinski definition) is 2. The molecule has 0 saturated carbocycles. The van der Waals surface area contributed by atoms with Crippen LogP contribution in [0, 0.1) is 5.92 Å². The molecule has 0 fully saturated rings. The van der Waals surface area contributed by atoms with Gasteiger partial charge in [-0.05, 0) is 42.2 Å². The van der Waals surface area contributed by atoms with E-state index in [2.05, 4.69) is 13.8 Å². The third-order valence-electron chi connectivity index (χ3n) is 5.83. The van der Waals surface area contributed by atoms with Crippen LogP contribution in [0.2, 0.25) is 0 Å². The molecule has 2 aromatic rings. The third-order valence-corrected chi connectivity index (χ3v) is 5.83. The van der Waals surface area contributed by atoms with Crippen molar-refractivity contribution in [1.29, 1.82) is 0 Å². The van der Waals surface area contributed by atoms with Gasteiger partial charge < -0.3 is 28.8 Å². The number of rotatable bonds is 12. The van der Waals surface area contributed by atoms with Crippen molar-refractivity contribution in [2.24, 2.45) is 5.92 Å². The van der Waals surface area contributed by atoms with Crippen molar-refractivity contribution >= 4 is 11.7 Å². The number of amides is 1. The fraction of sp³-hybridized carbons (Fsp3) is 0.462. The first-order valence-electron chi connectivity index (χ1n) is 11.7. The molecule has 0 aliphatic carbocycles. The van der Waals surface area contributed by atoms with Gasteiger partial charge in [-0.25, -0.2) is 0 Å². The van der Waals surface area contributed by atoms with E-state index in [9.17, 15) is 14.7 Å². The number of nitrogens with one attached hydrogen (secondary N) is 1. The molecule has 0 radical (unpaired) electrons. The van der Waals surface area contributed by atoms with E-state index < -0.39 is 23.5 Å². The Labute approximate surface area is 200 Å². The molecule has 1 aromatic heterocycles. The van der Waals surface area contributed by atoms with Crippen LogP contribution in [0.4, 0.5) is 0 Å². The monoisotopic (exact) mass is 471 g/mol. The summed E-state index contributed by atoms with van der Waals surface area (Å²) in [5.41, 5.74) is 0.658. The Morgan fingerprint density at radius 2 is 2.00 bits per heavy atom. The zero-order chi connectivity index (χ0) is 24.8. The van der Waals surface area contributed by atoms with Crippen molar-refractivity contribution in [1.82, 2.24) is 4.90 Å². The number of aliphatic hydroxyl groups is 1. The number of ketones is 1. The number of benzene rings is 1. The van der Waals surface area contributed by atoms with Crippen LogP contribution in [-0.4, -0.2) is 62.6 Å². The number of furan rings is 1. The summed E-state index contributed by atoms with van der Waals surface area (Å²) in [6.45, 7) is 6.04. The van der Waals surface area contributed by atoms with Crippen LogP contribution >= 0.6 is 0 Å². The van der Waals surface area contributed by atoms with Crippen LogP contribution in [0.25, 0.3) is 0 Å². The predicted molar refractivity (Wildman–Crippen MR) is 127 cm³/mol. The number of methoxy groups -OCH3 is 1. The van der Waals surface area contributed by atoms with Gasteiger partial charge >= 0.3 is 0 Å². The van der Waals surface area contributed by atoms with Crippen LogP contribution < -0.4 is 14.4 Å². The van der Waals surface area contributed by atoms with E-state index in [1.807, 2.05) is 20.2 Å². The first kappa shape index (κ1) is 25.4. The van der Waals surface area contributed by atoms with Crippen molar-refractivity contribution < 1.29 is 33.5 Å². The maximum absolute atomic E-state index is 13.3. The SMILES string of the molecule is COc1cc([C@H]2C(C(=O)c3ccco3)=C(O)C(=O)N2CCC[NH+](C)C)ccc1OCCC(C)C. The number of quaternary nitrogens is 1. The molecular weight excluding hydrogens is 436 g/mol. The summed E-state index contributed by atoms with van der Waals surface area (Å²) in [7, 11) is 5.62. The summed E-state index contributed by atoms with van der Waals surface area (Å²) < 4.78 is 16.7. The summed E-state index contributed by atoms with van der Waals surface area (Å²) in [6, 6.07) is 7.71. The van der Waals surface area contributed by atoms with Gasteiger partial charge in [0.15, 0.2) is 23.0 Å². The van der Waals surface area contributed by atoms with Crippen LogP contribution in [0.5, 0.6) is 11.5 Å². The molecule has 1 atom stereocenters. The van der Waals surface area contributed by atoms with Crippen molar-refractivity contribution in [3.8, 4) is 11.5 Å². The number of Topliss-reactive ketones (excluding diaryl/α,β-unsaturated/α-hetero) is 1. The van der Waals surface area contributed by atoms with Crippen LogP contribution in [0.15, 0.2) is 52.3 Å². The van der Waals surface area contributed by atoms with Gasteiger partial charge in [-0.1, -0.05) is 19.9 Å². The average Bonchev–Trinajstić information content (AvgIpc) is 3.41. The minimum Gasteiger partial charge on any atom is -0.503 e. The normalized spacial score (nSPS) is 16.1. The molecule has 0 unspecified atom stereocenters. The predicted octanol–water partition coefficient (Wildman–Crippen LogP) is 2.83. The second kappa shape index (κ2) is 11.2. The van der Waals surface area contributed by atoms with Gasteiger partial charge in [-0.15, -0.1) is 0 Å². The van der Waals surface area contributed by atoms with Gasteiger partial charge in [0.1, 0.15) is 0 Å². The van der Waals surface area contributed by atoms with Crippen LogP contribution in [-0.2, 0) is 4.79 Å². The molecule has 0 bridgehead atoms. The Kier molecular flexibility index (Phi) is 8.39. The van der Waals surface area contributed by atoms with Gasteiger partial charge in [0.25, 0.3) is 5.91 Å². The average molecular weight is 472 g/mol. The number of ether oxygens (including phenoxy) is 2. The summed E-state index contributed by atoms with van der Waals surface area (Å²) >= 11 is 0. The molecule has 1 aromatic carbocycles. The molecule has 1 aliphatic rings. The largest absolute Gasteiger partial charge is 0.503 e. The molecule has 34 heavy (non-hydrogen) atoms. The second-order valence-electron chi connectivity index (χ2n) is 9.22. The van der Waals surface area contributed by atoms with Gasteiger partial charge in [-0.2, -0.15) is 0 Å². The van der Waals surface area contributed by atoms with E-state index in [1.54, 1.807) is 30.2 Å².